The fourth-order valence-electron chi connectivity index (χ4n) is 3.05. The Morgan fingerprint density at radius 2 is 1.96 bits per heavy atom. The zero-order valence-corrected chi connectivity index (χ0v) is 16.6. The summed E-state index contributed by atoms with van der Waals surface area (Å²) in [5, 5.41) is 12.7. The smallest absolute Gasteiger partial charge is 0.230 e. The van der Waals surface area contributed by atoms with E-state index in [9.17, 15) is 4.79 Å². The molecule has 1 fully saturated rings. The minimum Gasteiger partial charge on any atom is -0.353 e. The van der Waals surface area contributed by atoms with Crippen LogP contribution >= 0.6 is 35.0 Å². The van der Waals surface area contributed by atoms with Crippen LogP contribution in [-0.4, -0.2) is 32.6 Å². The van der Waals surface area contributed by atoms with Gasteiger partial charge >= 0.3 is 0 Å². The van der Waals surface area contributed by atoms with Crippen LogP contribution in [-0.2, 0) is 4.79 Å². The minimum atomic E-state index is -0.00373. The highest BCUT2D eigenvalue weighted by Gasteiger charge is 2.18. The number of hydrogen-bond donors (Lipinski definition) is 2. The highest BCUT2D eigenvalue weighted by Crippen LogP contribution is 2.30. The Balaban J connectivity index is 1.60. The van der Waals surface area contributed by atoms with Gasteiger partial charge in [0, 0.05) is 16.6 Å². The highest BCUT2D eigenvalue weighted by atomic mass is 35.5. The Hall–Kier alpha value is -1.44. The second-order valence-electron chi connectivity index (χ2n) is 6.35. The van der Waals surface area contributed by atoms with Crippen LogP contribution < -0.4 is 11.2 Å². The third-order valence-electron chi connectivity index (χ3n) is 4.39. The third-order valence-corrected chi connectivity index (χ3v) is 5.88. The number of amides is 1. The van der Waals surface area contributed by atoms with E-state index in [0.717, 1.165) is 12.8 Å². The summed E-state index contributed by atoms with van der Waals surface area (Å²) in [5.74, 6) is 6.76. The molecule has 140 valence electrons. The number of hydrogen-bond acceptors (Lipinski definition) is 5. The molecule has 0 bridgehead atoms. The first-order chi connectivity index (χ1) is 12.5. The lowest BCUT2D eigenvalue weighted by atomic mass is 10.1. The van der Waals surface area contributed by atoms with Gasteiger partial charge in [-0.15, -0.1) is 10.2 Å². The summed E-state index contributed by atoms with van der Waals surface area (Å²) in [5.41, 5.74) is 0.640. The quantitative estimate of drug-likeness (QED) is 0.440. The molecule has 6 nitrogen and oxygen atoms in total. The zero-order chi connectivity index (χ0) is 18.5. The van der Waals surface area contributed by atoms with E-state index in [1.54, 1.807) is 18.2 Å². The average molecular weight is 414 g/mol. The molecule has 2 aromatic rings. The van der Waals surface area contributed by atoms with Crippen LogP contribution in [0.2, 0.25) is 10.0 Å². The molecule has 0 unspecified atom stereocenters. The first-order valence-corrected chi connectivity index (χ1v) is 10.4. The molecule has 1 aromatic carbocycles. The number of nitrogens with two attached hydrogens (primary N) is 1. The van der Waals surface area contributed by atoms with Gasteiger partial charge in [0.05, 0.1) is 10.8 Å². The van der Waals surface area contributed by atoms with Gasteiger partial charge < -0.3 is 11.2 Å². The molecule has 0 spiro atoms. The van der Waals surface area contributed by atoms with Gasteiger partial charge in [-0.05, 0) is 31.0 Å². The number of carbonyl (C=O) groups excluding carboxylic acids is 1. The molecule has 0 aliphatic heterocycles. The second-order valence-corrected chi connectivity index (χ2v) is 8.13. The van der Waals surface area contributed by atoms with Crippen molar-refractivity contribution in [1.82, 2.24) is 20.2 Å². The molecule has 1 saturated carbocycles. The van der Waals surface area contributed by atoms with Crippen molar-refractivity contribution in [2.75, 3.05) is 11.6 Å². The number of nitrogens with zero attached hydrogens (tertiary/aromatic N) is 3. The molecule has 0 atom stereocenters. The molecule has 3 rings (SSSR count). The van der Waals surface area contributed by atoms with E-state index in [1.807, 2.05) is 0 Å². The van der Waals surface area contributed by atoms with Gasteiger partial charge in [0.25, 0.3) is 0 Å². The van der Waals surface area contributed by atoms with Crippen molar-refractivity contribution in [3.63, 3.8) is 0 Å². The van der Waals surface area contributed by atoms with Crippen LogP contribution in [0, 0.1) is 0 Å². The van der Waals surface area contributed by atoms with E-state index >= 15 is 0 Å². The van der Waals surface area contributed by atoms with E-state index in [4.69, 9.17) is 29.0 Å². The van der Waals surface area contributed by atoms with E-state index in [0.29, 0.717) is 26.6 Å². The number of aromatic nitrogens is 3. The minimum absolute atomic E-state index is 0.00373. The first-order valence-electron chi connectivity index (χ1n) is 8.62. The van der Waals surface area contributed by atoms with Crippen molar-refractivity contribution in [3.05, 3.63) is 28.2 Å². The van der Waals surface area contributed by atoms with Crippen LogP contribution in [0.4, 0.5) is 0 Å². The first kappa shape index (κ1) is 19.3. The Labute approximate surface area is 166 Å². The van der Waals surface area contributed by atoms with Gasteiger partial charge in [-0.3, -0.25) is 4.79 Å². The molecule has 9 heteroatoms. The Bertz CT molecular complexity index is 775. The summed E-state index contributed by atoms with van der Waals surface area (Å²) in [4.78, 5) is 12.2. The topological polar surface area (TPSA) is 85.8 Å². The SMILES string of the molecule is Nn1c(SCC(=O)NC2CCCCCC2)nnc1-c1ccc(Cl)cc1Cl. The molecule has 1 aliphatic carbocycles. The summed E-state index contributed by atoms with van der Waals surface area (Å²) in [6.07, 6.45) is 6.99. The predicted molar refractivity (Wildman–Crippen MR) is 106 cm³/mol. The van der Waals surface area contributed by atoms with Crippen molar-refractivity contribution in [2.24, 2.45) is 0 Å². The van der Waals surface area contributed by atoms with Gasteiger partial charge in [-0.25, -0.2) is 4.68 Å². The molecule has 26 heavy (non-hydrogen) atoms. The number of nitrogen functional groups attached to an aromatic ring is 1. The maximum absolute atomic E-state index is 12.2. The van der Waals surface area contributed by atoms with Gasteiger partial charge in [-0.1, -0.05) is 60.6 Å². The molecule has 3 N–H and O–H groups in total. The maximum Gasteiger partial charge on any atom is 0.230 e. The van der Waals surface area contributed by atoms with E-state index in [2.05, 4.69) is 15.5 Å². The summed E-state index contributed by atoms with van der Waals surface area (Å²) in [7, 11) is 0. The molecule has 0 radical (unpaired) electrons. The lowest BCUT2D eigenvalue weighted by molar-refractivity contribution is -0.119. The summed E-state index contributed by atoms with van der Waals surface area (Å²) in [6, 6.07) is 5.36. The highest BCUT2D eigenvalue weighted by molar-refractivity contribution is 7.99. The van der Waals surface area contributed by atoms with Crippen LogP contribution in [0.25, 0.3) is 11.4 Å². The number of carbonyl (C=O) groups is 1. The number of thioether (sulfide) groups is 1. The maximum atomic E-state index is 12.2. The third kappa shape index (κ3) is 4.84. The van der Waals surface area contributed by atoms with Crippen molar-refractivity contribution in [1.29, 1.82) is 0 Å². The normalized spacial score (nSPS) is 15.6. The number of halogens is 2. The fraction of sp³-hybridized carbons (Fsp3) is 0.471. The van der Waals surface area contributed by atoms with Crippen molar-refractivity contribution >= 4 is 40.9 Å². The lowest BCUT2D eigenvalue weighted by Crippen LogP contribution is -2.35. The molecule has 1 aliphatic rings. The summed E-state index contributed by atoms with van der Waals surface area (Å²) >= 11 is 13.4. The molecule has 0 saturated heterocycles. The second kappa shape index (κ2) is 8.97. The number of rotatable bonds is 5. The van der Waals surface area contributed by atoms with Gasteiger partial charge in [0.15, 0.2) is 5.82 Å². The monoisotopic (exact) mass is 413 g/mol. The van der Waals surface area contributed by atoms with Crippen molar-refractivity contribution in [3.8, 4) is 11.4 Å². The average Bonchev–Trinajstić information content (AvgIpc) is 2.80. The Morgan fingerprint density at radius 1 is 1.23 bits per heavy atom. The van der Waals surface area contributed by atoms with Gasteiger partial charge in [0.1, 0.15) is 0 Å². The van der Waals surface area contributed by atoms with Crippen LogP contribution in [0.3, 0.4) is 0 Å². The van der Waals surface area contributed by atoms with Crippen LogP contribution in [0.15, 0.2) is 23.4 Å². The Morgan fingerprint density at radius 3 is 2.65 bits per heavy atom. The van der Waals surface area contributed by atoms with E-state index in [1.165, 1.54) is 42.1 Å². The molecule has 1 heterocycles. The van der Waals surface area contributed by atoms with E-state index in [-0.39, 0.29) is 17.7 Å². The number of benzene rings is 1. The van der Waals surface area contributed by atoms with Gasteiger partial charge in [0.2, 0.25) is 11.1 Å². The summed E-state index contributed by atoms with van der Waals surface area (Å²) in [6.45, 7) is 0. The molecular formula is C17H21Cl2N5OS. The molecule has 1 amide bonds. The lowest BCUT2D eigenvalue weighted by Gasteiger charge is -2.15. The summed E-state index contributed by atoms with van der Waals surface area (Å²) < 4.78 is 1.35. The zero-order valence-electron chi connectivity index (χ0n) is 14.3. The predicted octanol–water partition coefficient (Wildman–Crippen LogP) is 3.90. The Kier molecular flexibility index (Phi) is 6.67. The van der Waals surface area contributed by atoms with Crippen LogP contribution in [0.5, 0.6) is 0 Å². The van der Waals surface area contributed by atoms with E-state index < -0.39 is 0 Å². The van der Waals surface area contributed by atoms with Crippen molar-refractivity contribution in [2.45, 2.75) is 49.7 Å². The van der Waals surface area contributed by atoms with Gasteiger partial charge in [-0.2, -0.15) is 0 Å². The van der Waals surface area contributed by atoms with Crippen LogP contribution in [0.1, 0.15) is 38.5 Å². The number of nitrogens with one attached hydrogen (secondary N) is 1. The van der Waals surface area contributed by atoms with Crippen molar-refractivity contribution < 1.29 is 4.79 Å². The largest absolute Gasteiger partial charge is 0.353 e. The standard InChI is InChI=1S/C17H21Cl2N5OS/c18-11-7-8-13(14(19)9-11)16-22-23-17(24(16)20)26-10-15(25)21-12-5-3-1-2-4-6-12/h7-9,12H,1-6,10,20H2,(H,21,25). The fourth-order valence-corrected chi connectivity index (χ4v) is 4.21. The molecule has 1 aromatic heterocycles. The molecular weight excluding hydrogens is 393 g/mol.